The van der Waals surface area contributed by atoms with Gasteiger partial charge in [-0.1, -0.05) is 32.1 Å². The van der Waals surface area contributed by atoms with Gasteiger partial charge in [0.2, 0.25) is 0 Å². The summed E-state index contributed by atoms with van der Waals surface area (Å²) in [7, 11) is 0. The summed E-state index contributed by atoms with van der Waals surface area (Å²) in [6, 6.07) is 0. The average molecular weight is 239 g/mol. The summed E-state index contributed by atoms with van der Waals surface area (Å²) in [5, 5.41) is 8.94. The zero-order valence-corrected chi connectivity index (χ0v) is 10.7. The van der Waals surface area contributed by atoms with Gasteiger partial charge in [0.1, 0.15) is 0 Å². The summed E-state index contributed by atoms with van der Waals surface area (Å²) in [6.45, 7) is 3.17. The fraction of sp³-hybridized carbons (Fsp3) is 0.929. The first-order chi connectivity index (χ1) is 8.25. The molecule has 0 atom stereocenters. The minimum atomic E-state index is -0.600. The van der Waals surface area contributed by atoms with Gasteiger partial charge < -0.3 is 10.0 Å². The van der Waals surface area contributed by atoms with Crippen molar-refractivity contribution in [3.63, 3.8) is 0 Å². The van der Waals surface area contributed by atoms with Gasteiger partial charge >= 0.3 is 5.97 Å². The SMILES string of the molecule is O=C(O)C1CCN(CCC2CCCCC2)CC1. The third-order valence-electron chi connectivity index (χ3n) is 4.52. The van der Waals surface area contributed by atoms with E-state index < -0.39 is 5.97 Å². The van der Waals surface area contributed by atoms with Crippen molar-refractivity contribution in [2.75, 3.05) is 19.6 Å². The quantitative estimate of drug-likeness (QED) is 0.820. The number of likely N-dealkylation sites (tertiary alicyclic amines) is 1. The number of carboxylic acid groups (broad SMARTS) is 1. The maximum Gasteiger partial charge on any atom is 0.306 e. The molecule has 2 aliphatic rings. The van der Waals surface area contributed by atoms with Crippen molar-refractivity contribution in [1.82, 2.24) is 4.90 Å². The highest BCUT2D eigenvalue weighted by atomic mass is 16.4. The smallest absolute Gasteiger partial charge is 0.306 e. The van der Waals surface area contributed by atoms with E-state index in [1.807, 2.05) is 0 Å². The second-order valence-corrected chi connectivity index (χ2v) is 5.75. The maximum atomic E-state index is 10.8. The molecule has 0 spiro atoms. The Kier molecular flexibility index (Phi) is 4.84. The van der Waals surface area contributed by atoms with Gasteiger partial charge in [0.05, 0.1) is 5.92 Å². The Morgan fingerprint density at radius 2 is 1.71 bits per heavy atom. The van der Waals surface area contributed by atoms with Gasteiger partial charge in [-0.2, -0.15) is 0 Å². The molecule has 17 heavy (non-hydrogen) atoms. The van der Waals surface area contributed by atoms with Crippen LogP contribution in [0.3, 0.4) is 0 Å². The normalized spacial score (nSPS) is 24.9. The fourth-order valence-electron chi connectivity index (χ4n) is 3.24. The molecule has 1 heterocycles. The molecule has 0 aromatic carbocycles. The molecule has 1 aliphatic heterocycles. The predicted octanol–water partition coefficient (Wildman–Crippen LogP) is 2.75. The first-order valence-corrected chi connectivity index (χ1v) is 7.21. The van der Waals surface area contributed by atoms with E-state index in [0.717, 1.165) is 31.8 Å². The van der Waals surface area contributed by atoms with E-state index in [1.165, 1.54) is 45.1 Å². The minimum Gasteiger partial charge on any atom is -0.481 e. The molecule has 1 saturated carbocycles. The number of aliphatic carboxylic acids is 1. The summed E-state index contributed by atoms with van der Waals surface area (Å²) >= 11 is 0. The second kappa shape index (κ2) is 6.39. The van der Waals surface area contributed by atoms with E-state index >= 15 is 0 Å². The lowest BCUT2D eigenvalue weighted by Gasteiger charge is -2.31. The molecule has 1 N–H and O–H groups in total. The van der Waals surface area contributed by atoms with Crippen LogP contribution in [0.1, 0.15) is 51.4 Å². The zero-order valence-electron chi connectivity index (χ0n) is 10.7. The van der Waals surface area contributed by atoms with E-state index in [4.69, 9.17) is 5.11 Å². The largest absolute Gasteiger partial charge is 0.481 e. The minimum absolute atomic E-state index is 0.0825. The van der Waals surface area contributed by atoms with Crippen molar-refractivity contribution in [2.45, 2.75) is 51.4 Å². The van der Waals surface area contributed by atoms with E-state index in [9.17, 15) is 4.79 Å². The van der Waals surface area contributed by atoms with Crippen LogP contribution in [0.2, 0.25) is 0 Å². The van der Waals surface area contributed by atoms with E-state index in [-0.39, 0.29) is 5.92 Å². The molecule has 0 aromatic heterocycles. The van der Waals surface area contributed by atoms with Gasteiger partial charge in [0, 0.05) is 0 Å². The topological polar surface area (TPSA) is 40.5 Å². The number of carbonyl (C=O) groups is 1. The number of rotatable bonds is 4. The van der Waals surface area contributed by atoms with Crippen LogP contribution in [-0.4, -0.2) is 35.6 Å². The van der Waals surface area contributed by atoms with Crippen LogP contribution in [0.4, 0.5) is 0 Å². The van der Waals surface area contributed by atoms with Gasteiger partial charge in [-0.25, -0.2) is 0 Å². The summed E-state index contributed by atoms with van der Waals surface area (Å²) in [4.78, 5) is 13.3. The first kappa shape index (κ1) is 12.9. The van der Waals surface area contributed by atoms with Crippen molar-refractivity contribution in [3.05, 3.63) is 0 Å². The molecular formula is C14H25NO2. The summed E-state index contributed by atoms with van der Waals surface area (Å²) in [5.41, 5.74) is 0. The van der Waals surface area contributed by atoms with Crippen molar-refractivity contribution in [2.24, 2.45) is 11.8 Å². The van der Waals surface area contributed by atoms with E-state index in [2.05, 4.69) is 4.90 Å². The third-order valence-corrected chi connectivity index (χ3v) is 4.52. The van der Waals surface area contributed by atoms with Gasteiger partial charge in [0.15, 0.2) is 0 Å². The monoisotopic (exact) mass is 239 g/mol. The molecule has 1 aliphatic carbocycles. The molecule has 2 fully saturated rings. The Balaban J connectivity index is 1.62. The Bertz CT molecular complexity index is 241. The molecule has 0 aromatic rings. The molecule has 0 radical (unpaired) electrons. The number of hydrogen-bond donors (Lipinski definition) is 1. The lowest BCUT2D eigenvalue weighted by molar-refractivity contribution is -0.143. The van der Waals surface area contributed by atoms with Crippen LogP contribution in [-0.2, 0) is 4.79 Å². The van der Waals surface area contributed by atoms with Crippen molar-refractivity contribution < 1.29 is 9.90 Å². The van der Waals surface area contributed by atoms with Crippen molar-refractivity contribution >= 4 is 5.97 Å². The highest BCUT2D eigenvalue weighted by Gasteiger charge is 2.24. The van der Waals surface area contributed by atoms with Crippen molar-refractivity contribution in [3.8, 4) is 0 Å². The Morgan fingerprint density at radius 3 is 2.29 bits per heavy atom. The molecule has 2 rings (SSSR count). The standard InChI is InChI=1S/C14H25NO2/c16-14(17)13-7-10-15(11-8-13)9-6-12-4-2-1-3-5-12/h12-13H,1-11H2,(H,16,17). The predicted molar refractivity (Wildman–Crippen MR) is 68.0 cm³/mol. The van der Waals surface area contributed by atoms with Gasteiger partial charge in [-0.05, 0) is 44.8 Å². The van der Waals surface area contributed by atoms with Gasteiger partial charge in [-0.15, -0.1) is 0 Å². The molecular weight excluding hydrogens is 214 g/mol. The molecule has 0 unspecified atom stereocenters. The molecule has 1 saturated heterocycles. The molecule has 3 heteroatoms. The van der Waals surface area contributed by atoms with Gasteiger partial charge in [0.25, 0.3) is 0 Å². The second-order valence-electron chi connectivity index (χ2n) is 5.75. The highest BCUT2D eigenvalue weighted by molar-refractivity contribution is 5.70. The Labute approximate surface area is 104 Å². The third kappa shape index (κ3) is 3.98. The highest BCUT2D eigenvalue weighted by Crippen LogP contribution is 2.27. The zero-order chi connectivity index (χ0) is 12.1. The molecule has 0 amide bonds. The number of nitrogens with zero attached hydrogens (tertiary/aromatic N) is 1. The van der Waals surface area contributed by atoms with Crippen LogP contribution in [0, 0.1) is 11.8 Å². The van der Waals surface area contributed by atoms with Crippen LogP contribution in [0.25, 0.3) is 0 Å². The summed E-state index contributed by atoms with van der Waals surface area (Å²) < 4.78 is 0. The summed E-state index contributed by atoms with van der Waals surface area (Å²) in [6.07, 6.45) is 10.1. The average Bonchev–Trinajstić information content (AvgIpc) is 2.38. The van der Waals surface area contributed by atoms with Crippen LogP contribution in [0.5, 0.6) is 0 Å². The van der Waals surface area contributed by atoms with Crippen LogP contribution in [0.15, 0.2) is 0 Å². The Morgan fingerprint density at radius 1 is 1.06 bits per heavy atom. The Hall–Kier alpha value is -0.570. The lowest BCUT2D eigenvalue weighted by Crippen LogP contribution is -2.37. The first-order valence-electron chi connectivity index (χ1n) is 7.21. The molecule has 3 nitrogen and oxygen atoms in total. The van der Waals surface area contributed by atoms with Crippen molar-refractivity contribution in [1.29, 1.82) is 0 Å². The van der Waals surface area contributed by atoms with Gasteiger partial charge in [-0.3, -0.25) is 4.79 Å². The number of piperidine rings is 1. The summed E-state index contributed by atoms with van der Waals surface area (Å²) in [5.74, 6) is 0.263. The molecule has 98 valence electrons. The van der Waals surface area contributed by atoms with Crippen LogP contribution >= 0.6 is 0 Å². The number of carboxylic acids is 1. The lowest BCUT2D eigenvalue weighted by atomic mass is 9.86. The molecule has 0 bridgehead atoms. The fourth-order valence-corrected chi connectivity index (χ4v) is 3.24. The number of hydrogen-bond acceptors (Lipinski definition) is 2. The maximum absolute atomic E-state index is 10.8. The van der Waals surface area contributed by atoms with Crippen LogP contribution < -0.4 is 0 Å². The van der Waals surface area contributed by atoms with E-state index in [1.54, 1.807) is 0 Å². The van der Waals surface area contributed by atoms with E-state index in [0.29, 0.717) is 0 Å².